The first-order valence-electron chi connectivity index (χ1n) is 5.79. The van der Waals surface area contributed by atoms with Gasteiger partial charge in [0.15, 0.2) is 5.78 Å². The van der Waals surface area contributed by atoms with Gasteiger partial charge in [-0.05, 0) is 29.3 Å². The molecule has 0 saturated heterocycles. The molecule has 0 radical (unpaired) electrons. The van der Waals surface area contributed by atoms with Crippen molar-refractivity contribution in [2.75, 3.05) is 6.16 Å². The molecule has 2 N–H and O–H groups in total. The van der Waals surface area contributed by atoms with Gasteiger partial charge < -0.3 is 9.79 Å². The topological polar surface area (TPSA) is 74.6 Å². The number of rotatable bonds is 4. The summed E-state index contributed by atoms with van der Waals surface area (Å²) in [6.45, 7) is 0. The second-order valence-corrected chi connectivity index (χ2v) is 6.42. The lowest BCUT2D eigenvalue weighted by Crippen LogP contribution is -2.05. The van der Waals surface area contributed by atoms with Gasteiger partial charge >= 0.3 is 7.60 Å². The summed E-state index contributed by atoms with van der Waals surface area (Å²) in [4.78, 5) is 29.5. The van der Waals surface area contributed by atoms with Gasteiger partial charge in [-0.15, -0.1) is 0 Å². The molecule has 2 aromatic rings. The highest BCUT2D eigenvalue weighted by Gasteiger charge is 2.20. The Hall–Kier alpha value is -1.45. The molecule has 6 heteroatoms. The molecule has 0 atom stereocenters. The van der Waals surface area contributed by atoms with Crippen LogP contribution in [0.25, 0.3) is 11.1 Å². The zero-order valence-electron chi connectivity index (χ0n) is 10.4. The summed E-state index contributed by atoms with van der Waals surface area (Å²) in [5.74, 6) is -0.581. The molecule has 0 unspecified atom stereocenters. The lowest BCUT2D eigenvalue weighted by atomic mass is 10.0. The molecule has 4 nitrogen and oxygen atoms in total. The molecule has 0 aliphatic heterocycles. The second kappa shape index (κ2) is 5.90. The predicted octanol–water partition coefficient (Wildman–Crippen LogP) is 3.37. The molecular weight excluding hydrogens is 299 g/mol. The molecule has 0 spiro atoms. The molecule has 0 bridgehead atoms. The number of carbonyl (C=O) groups is 1. The van der Waals surface area contributed by atoms with E-state index in [1.54, 1.807) is 36.4 Å². The minimum absolute atomic E-state index is 0.269. The van der Waals surface area contributed by atoms with Gasteiger partial charge in [0.25, 0.3) is 0 Å². The number of carbonyl (C=O) groups excluding carboxylic acids is 1. The molecule has 2 rings (SSSR count). The highest BCUT2D eigenvalue weighted by Crippen LogP contribution is 2.35. The molecule has 0 saturated carbocycles. The molecule has 0 aliphatic rings. The van der Waals surface area contributed by atoms with Crippen LogP contribution in [0.1, 0.15) is 10.4 Å². The highest BCUT2D eigenvalue weighted by atomic mass is 35.5. The normalized spacial score (nSPS) is 11.3. The Labute approximate surface area is 121 Å². The summed E-state index contributed by atoms with van der Waals surface area (Å²) < 4.78 is 10.9. The number of halogens is 1. The van der Waals surface area contributed by atoms with Crippen LogP contribution in [0.2, 0.25) is 5.02 Å². The van der Waals surface area contributed by atoms with E-state index in [4.69, 9.17) is 21.4 Å². The van der Waals surface area contributed by atoms with E-state index in [-0.39, 0.29) is 5.56 Å². The molecule has 0 amide bonds. The maximum Gasteiger partial charge on any atom is 0.333 e. The number of hydrogen-bond acceptors (Lipinski definition) is 2. The fraction of sp³-hybridized carbons (Fsp3) is 0.0714. The first kappa shape index (κ1) is 14.9. The zero-order valence-corrected chi connectivity index (χ0v) is 12.0. The minimum Gasteiger partial charge on any atom is -0.324 e. The standard InChI is InChI=1S/C14H12ClO4P/c15-13-6-2-4-11(8-13)10-3-1-5-12(7-10)14(16)9-20(17,18)19/h1-8H,9H2,(H2,17,18,19). The van der Waals surface area contributed by atoms with E-state index in [1.807, 2.05) is 6.07 Å². The van der Waals surface area contributed by atoms with Crippen LogP contribution in [0.4, 0.5) is 0 Å². The van der Waals surface area contributed by atoms with E-state index in [9.17, 15) is 9.36 Å². The molecule has 0 aliphatic carbocycles. The van der Waals surface area contributed by atoms with Gasteiger partial charge in [0.1, 0.15) is 6.16 Å². The van der Waals surface area contributed by atoms with Crippen LogP contribution < -0.4 is 0 Å². The smallest absolute Gasteiger partial charge is 0.324 e. The van der Waals surface area contributed by atoms with Gasteiger partial charge in [-0.2, -0.15) is 0 Å². The molecule has 104 valence electrons. The largest absolute Gasteiger partial charge is 0.333 e. The van der Waals surface area contributed by atoms with Crippen LogP contribution in [0.15, 0.2) is 48.5 Å². The Morgan fingerprint density at radius 3 is 2.25 bits per heavy atom. The van der Waals surface area contributed by atoms with Crippen molar-refractivity contribution in [3.63, 3.8) is 0 Å². The first-order valence-corrected chi connectivity index (χ1v) is 7.96. The van der Waals surface area contributed by atoms with Crippen LogP contribution >= 0.6 is 19.2 Å². The fourth-order valence-corrected chi connectivity index (χ4v) is 2.57. The molecule has 0 aromatic heterocycles. The van der Waals surface area contributed by atoms with Crippen LogP contribution in [0.5, 0.6) is 0 Å². The van der Waals surface area contributed by atoms with E-state index in [2.05, 4.69) is 0 Å². The molecule has 20 heavy (non-hydrogen) atoms. The van der Waals surface area contributed by atoms with Crippen molar-refractivity contribution in [3.8, 4) is 11.1 Å². The van der Waals surface area contributed by atoms with Crippen LogP contribution in [0.3, 0.4) is 0 Å². The molecular formula is C14H12ClO4P. The summed E-state index contributed by atoms with van der Waals surface area (Å²) in [6.07, 6.45) is -0.786. The fourth-order valence-electron chi connectivity index (χ4n) is 1.82. The van der Waals surface area contributed by atoms with E-state index >= 15 is 0 Å². The predicted molar refractivity (Wildman–Crippen MR) is 78.1 cm³/mol. The lowest BCUT2D eigenvalue weighted by molar-refractivity contribution is 0.101. The van der Waals surface area contributed by atoms with Crippen molar-refractivity contribution in [1.82, 2.24) is 0 Å². The van der Waals surface area contributed by atoms with E-state index in [0.717, 1.165) is 11.1 Å². The molecule has 2 aromatic carbocycles. The summed E-state index contributed by atoms with van der Waals surface area (Å²) in [5, 5.41) is 0.578. The third-order valence-electron chi connectivity index (χ3n) is 2.69. The third kappa shape index (κ3) is 4.02. The van der Waals surface area contributed by atoms with Gasteiger partial charge in [0.2, 0.25) is 0 Å². The average Bonchev–Trinajstić information content (AvgIpc) is 2.37. The summed E-state index contributed by atoms with van der Waals surface area (Å²) >= 11 is 5.91. The quantitative estimate of drug-likeness (QED) is 0.670. The SMILES string of the molecule is O=C(CP(=O)(O)O)c1cccc(-c2cccc(Cl)c2)c1. The minimum atomic E-state index is -4.35. The van der Waals surface area contributed by atoms with Gasteiger partial charge in [-0.25, -0.2) is 0 Å². The molecule has 0 heterocycles. The maximum atomic E-state index is 11.8. The van der Waals surface area contributed by atoms with Gasteiger partial charge in [-0.3, -0.25) is 9.36 Å². The number of ketones is 1. The third-order valence-corrected chi connectivity index (χ3v) is 3.63. The van der Waals surface area contributed by atoms with E-state index < -0.39 is 19.5 Å². The van der Waals surface area contributed by atoms with E-state index in [0.29, 0.717) is 5.02 Å². The zero-order chi connectivity index (χ0) is 14.8. The number of hydrogen-bond donors (Lipinski definition) is 2. The van der Waals surface area contributed by atoms with Crippen LogP contribution in [-0.4, -0.2) is 21.7 Å². The Kier molecular flexibility index (Phi) is 4.41. The second-order valence-electron chi connectivity index (χ2n) is 4.34. The molecule has 0 fully saturated rings. The van der Waals surface area contributed by atoms with Gasteiger partial charge in [-0.1, -0.05) is 41.9 Å². The highest BCUT2D eigenvalue weighted by molar-refractivity contribution is 7.52. The van der Waals surface area contributed by atoms with Crippen LogP contribution in [0, 0.1) is 0 Å². The summed E-state index contributed by atoms with van der Waals surface area (Å²) in [7, 11) is -4.35. The Balaban J connectivity index is 2.33. The van der Waals surface area contributed by atoms with Crippen molar-refractivity contribution < 1.29 is 19.1 Å². The van der Waals surface area contributed by atoms with Crippen LogP contribution in [-0.2, 0) is 4.57 Å². The summed E-state index contributed by atoms with van der Waals surface area (Å²) in [6, 6.07) is 13.8. The van der Waals surface area contributed by atoms with Crippen molar-refractivity contribution in [1.29, 1.82) is 0 Å². The Morgan fingerprint density at radius 1 is 1.05 bits per heavy atom. The maximum absolute atomic E-state index is 11.8. The first-order chi connectivity index (χ1) is 9.35. The van der Waals surface area contributed by atoms with Crippen molar-refractivity contribution in [3.05, 3.63) is 59.1 Å². The van der Waals surface area contributed by atoms with Gasteiger partial charge in [0.05, 0.1) is 0 Å². The number of benzene rings is 2. The summed E-state index contributed by atoms with van der Waals surface area (Å²) in [5.41, 5.74) is 1.87. The average molecular weight is 311 g/mol. The van der Waals surface area contributed by atoms with Crippen molar-refractivity contribution >= 4 is 25.0 Å². The van der Waals surface area contributed by atoms with Crippen molar-refractivity contribution in [2.24, 2.45) is 0 Å². The number of Topliss-reactive ketones (excluding diaryl/α,β-unsaturated/α-hetero) is 1. The van der Waals surface area contributed by atoms with E-state index in [1.165, 1.54) is 6.07 Å². The Morgan fingerprint density at radius 2 is 1.65 bits per heavy atom. The van der Waals surface area contributed by atoms with Gasteiger partial charge in [0, 0.05) is 10.6 Å². The van der Waals surface area contributed by atoms with Crippen molar-refractivity contribution in [2.45, 2.75) is 0 Å². The lowest BCUT2D eigenvalue weighted by Gasteiger charge is -2.06. The Bertz CT molecular complexity index is 693. The monoisotopic (exact) mass is 310 g/mol.